The minimum absolute atomic E-state index is 0.259. The number of alkyl halides is 3. The second-order valence-corrected chi connectivity index (χ2v) is 8.14. The molecule has 1 aromatic heterocycles. The van der Waals surface area contributed by atoms with E-state index in [0.717, 1.165) is 22.8 Å². The second kappa shape index (κ2) is 8.10. The molecule has 0 N–H and O–H groups in total. The van der Waals surface area contributed by atoms with E-state index in [0.29, 0.717) is 48.6 Å². The molecule has 0 saturated carbocycles. The molecular weight excluding hydrogens is 413 g/mol. The molecule has 8 heteroatoms. The first-order chi connectivity index (χ1) is 14.3. The molecule has 2 aromatic carbocycles. The maximum Gasteiger partial charge on any atom is 0.416 e. The lowest BCUT2D eigenvalue weighted by atomic mass is 9.98. The number of ether oxygens (including phenoxy) is 1. The molecule has 2 heterocycles. The van der Waals surface area contributed by atoms with E-state index in [1.807, 2.05) is 12.3 Å². The highest BCUT2D eigenvalue weighted by Crippen LogP contribution is 2.35. The molecule has 30 heavy (non-hydrogen) atoms. The van der Waals surface area contributed by atoms with E-state index in [9.17, 15) is 18.0 Å². The van der Waals surface area contributed by atoms with Crippen LogP contribution in [0.1, 0.15) is 38.6 Å². The number of amides is 1. The summed E-state index contributed by atoms with van der Waals surface area (Å²) in [4.78, 5) is 19.0. The number of aryl methyl sites for hydroxylation is 2. The fourth-order valence-corrected chi connectivity index (χ4v) is 4.09. The quantitative estimate of drug-likeness (QED) is 0.536. The van der Waals surface area contributed by atoms with E-state index >= 15 is 0 Å². The summed E-state index contributed by atoms with van der Waals surface area (Å²) in [5, 5.41) is 2.87. The summed E-state index contributed by atoms with van der Waals surface area (Å²) < 4.78 is 44.8. The van der Waals surface area contributed by atoms with E-state index in [4.69, 9.17) is 4.74 Å². The first-order valence-electron chi connectivity index (χ1n) is 9.47. The number of halogens is 3. The van der Waals surface area contributed by atoms with Crippen LogP contribution in [0.4, 0.5) is 18.9 Å². The minimum atomic E-state index is -4.40. The zero-order valence-corrected chi connectivity index (χ0v) is 17.0. The minimum Gasteiger partial charge on any atom is -0.487 e. The fourth-order valence-electron chi connectivity index (χ4n) is 3.49. The standard InChI is InChI=1S/C22H19F3N2O2S/c1-14-26-18(13-30-14)12-29-19-6-2-4-16(11-19)21(28)27-9-3-5-15-10-17(22(23,24)25)7-8-20(15)27/h2,4,6-8,10-11,13H,3,5,9,12H2,1H3. The zero-order valence-electron chi connectivity index (χ0n) is 16.2. The van der Waals surface area contributed by atoms with Gasteiger partial charge in [0, 0.05) is 23.2 Å². The van der Waals surface area contributed by atoms with Crippen LogP contribution in [-0.4, -0.2) is 17.4 Å². The van der Waals surface area contributed by atoms with Gasteiger partial charge in [0.25, 0.3) is 5.91 Å². The largest absolute Gasteiger partial charge is 0.487 e. The first kappa shape index (κ1) is 20.4. The van der Waals surface area contributed by atoms with Gasteiger partial charge in [0.1, 0.15) is 12.4 Å². The lowest BCUT2D eigenvalue weighted by Crippen LogP contribution is -2.35. The van der Waals surface area contributed by atoms with Crippen LogP contribution in [0.25, 0.3) is 0 Å². The third-order valence-corrected chi connectivity index (χ3v) is 5.73. The van der Waals surface area contributed by atoms with Gasteiger partial charge in [-0.25, -0.2) is 4.98 Å². The summed E-state index contributed by atoms with van der Waals surface area (Å²) in [5.74, 6) is 0.279. The van der Waals surface area contributed by atoms with Crippen molar-refractivity contribution in [1.82, 2.24) is 4.98 Å². The van der Waals surface area contributed by atoms with Crippen LogP contribution in [0.3, 0.4) is 0 Å². The zero-order chi connectivity index (χ0) is 21.3. The molecule has 0 saturated heterocycles. The number of nitrogens with zero attached hydrogens (tertiary/aromatic N) is 2. The van der Waals surface area contributed by atoms with Crippen LogP contribution in [0.15, 0.2) is 47.8 Å². The molecule has 0 atom stereocenters. The molecule has 0 aliphatic carbocycles. The Morgan fingerprint density at radius 3 is 2.80 bits per heavy atom. The van der Waals surface area contributed by atoms with Crippen molar-refractivity contribution in [2.45, 2.75) is 32.5 Å². The summed E-state index contributed by atoms with van der Waals surface area (Å²) in [6.07, 6.45) is -3.28. The maximum absolute atomic E-state index is 13.1. The van der Waals surface area contributed by atoms with Gasteiger partial charge in [-0.15, -0.1) is 11.3 Å². The van der Waals surface area contributed by atoms with Crippen molar-refractivity contribution in [3.63, 3.8) is 0 Å². The Hall–Kier alpha value is -2.87. The Kier molecular flexibility index (Phi) is 5.51. The summed E-state index contributed by atoms with van der Waals surface area (Å²) in [6, 6.07) is 10.4. The van der Waals surface area contributed by atoms with Gasteiger partial charge in [0.15, 0.2) is 0 Å². The third kappa shape index (κ3) is 4.33. The van der Waals surface area contributed by atoms with Crippen molar-refractivity contribution < 1.29 is 22.7 Å². The van der Waals surface area contributed by atoms with Crippen LogP contribution < -0.4 is 9.64 Å². The smallest absolute Gasteiger partial charge is 0.416 e. The van der Waals surface area contributed by atoms with Gasteiger partial charge in [-0.1, -0.05) is 6.07 Å². The third-order valence-electron chi connectivity index (χ3n) is 4.90. The van der Waals surface area contributed by atoms with Crippen molar-refractivity contribution in [3.05, 3.63) is 75.2 Å². The summed E-state index contributed by atoms with van der Waals surface area (Å²) >= 11 is 1.54. The van der Waals surface area contributed by atoms with Crippen LogP contribution in [0, 0.1) is 6.92 Å². The second-order valence-electron chi connectivity index (χ2n) is 7.08. The molecule has 1 aliphatic rings. The fraction of sp³-hybridized carbons (Fsp3) is 0.273. The van der Waals surface area contributed by atoms with Gasteiger partial charge in [-0.3, -0.25) is 4.79 Å². The molecule has 3 aromatic rings. The predicted octanol–water partition coefficient (Wildman–Crippen LogP) is 5.64. The van der Waals surface area contributed by atoms with Gasteiger partial charge >= 0.3 is 6.18 Å². The number of benzene rings is 2. The Morgan fingerprint density at radius 1 is 1.23 bits per heavy atom. The van der Waals surface area contributed by atoms with Crippen LogP contribution >= 0.6 is 11.3 Å². The summed E-state index contributed by atoms with van der Waals surface area (Å²) in [5.41, 5.74) is 1.62. The topological polar surface area (TPSA) is 42.4 Å². The number of aromatic nitrogens is 1. The molecule has 4 nitrogen and oxygen atoms in total. The molecule has 0 radical (unpaired) electrons. The maximum atomic E-state index is 13.1. The van der Waals surface area contributed by atoms with Crippen molar-refractivity contribution >= 4 is 22.9 Å². The van der Waals surface area contributed by atoms with Gasteiger partial charge < -0.3 is 9.64 Å². The van der Waals surface area contributed by atoms with Crippen LogP contribution in [0.2, 0.25) is 0 Å². The van der Waals surface area contributed by atoms with Crippen molar-refractivity contribution in [3.8, 4) is 5.75 Å². The molecule has 1 aliphatic heterocycles. The van der Waals surface area contributed by atoms with E-state index in [1.54, 1.807) is 29.2 Å². The highest BCUT2D eigenvalue weighted by Gasteiger charge is 2.32. The van der Waals surface area contributed by atoms with Crippen molar-refractivity contribution in [2.24, 2.45) is 0 Å². The van der Waals surface area contributed by atoms with Gasteiger partial charge in [-0.2, -0.15) is 13.2 Å². The number of fused-ring (bicyclic) bond motifs is 1. The van der Waals surface area contributed by atoms with Crippen LogP contribution in [-0.2, 0) is 19.2 Å². The number of carbonyl (C=O) groups is 1. The Balaban J connectivity index is 1.54. The molecular formula is C22H19F3N2O2S. The molecule has 4 rings (SSSR count). The Labute approximate surface area is 175 Å². The Morgan fingerprint density at radius 2 is 2.07 bits per heavy atom. The molecule has 0 spiro atoms. The molecule has 0 bridgehead atoms. The number of rotatable bonds is 4. The summed E-state index contributed by atoms with van der Waals surface area (Å²) in [7, 11) is 0. The number of hydrogen-bond acceptors (Lipinski definition) is 4. The average molecular weight is 432 g/mol. The SMILES string of the molecule is Cc1nc(COc2cccc(C(=O)N3CCCc4cc(C(F)(F)F)ccc43)c2)cs1. The predicted molar refractivity (Wildman–Crippen MR) is 109 cm³/mol. The van der Waals surface area contributed by atoms with E-state index < -0.39 is 11.7 Å². The highest BCUT2D eigenvalue weighted by atomic mass is 32.1. The van der Waals surface area contributed by atoms with Crippen molar-refractivity contribution in [1.29, 1.82) is 0 Å². The highest BCUT2D eigenvalue weighted by molar-refractivity contribution is 7.09. The van der Waals surface area contributed by atoms with Gasteiger partial charge in [0.05, 0.1) is 16.3 Å². The van der Waals surface area contributed by atoms with E-state index in [2.05, 4.69) is 4.98 Å². The van der Waals surface area contributed by atoms with Crippen molar-refractivity contribution in [2.75, 3.05) is 11.4 Å². The monoisotopic (exact) mass is 432 g/mol. The van der Waals surface area contributed by atoms with E-state index in [1.165, 1.54) is 17.4 Å². The first-order valence-corrected chi connectivity index (χ1v) is 10.3. The molecule has 0 fully saturated rings. The lowest BCUT2D eigenvalue weighted by molar-refractivity contribution is -0.137. The number of anilines is 1. The molecule has 1 amide bonds. The average Bonchev–Trinajstić information content (AvgIpc) is 3.15. The van der Waals surface area contributed by atoms with E-state index in [-0.39, 0.29) is 5.91 Å². The molecule has 0 unspecified atom stereocenters. The number of carbonyl (C=O) groups excluding carboxylic acids is 1. The molecule has 156 valence electrons. The normalized spacial score (nSPS) is 13.8. The summed E-state index contributed by atoms with van der Waals surface area (Å²) in [6.45, 7) is 2.68. The van der Waals surface area contributed by atoms with Crippen LogP contribution in [0.5, 0.6) is 5.75 Å². The van der Waals surface area contributed by atoms with Gasteiger partial charge in [-0.05, 0) is 61.7 Å². The lowest BCUT2D eigenvalue weighted by Gasteiger charge is -2.30. The Bertz CT molecular complexity index is 1080. The number of thiazole rings is 1. The van der Waals surface area contributed by atoms with Gasteiger partial charge in [0.2, 0.25) is 0 Å². The number of hydrogen-bond donors (Lipinski definition) is 0.